The highest BCUT2D eigenvalue weighted by molar-refractivity contribution is 6.14. The van der Waals surface area contributed by atoms with Crippen LogP contribution in [-0.2, 0) is 4.79 Å². The molecule has 1 unspecified atom stereocenters. The third-order valence-electron chi connectivity index (χ3n) is 2.76. The van der Waals surface area contributed by atoms with E-state index >= 15 is 0 Å². The van der Waals surface area contributed by atoms with E-state index < -0.39 is 5.82 Å². The summed E-state index contributed by atoms with van der Waals surface area (Å²) in [4.78, 5) is 11.9. The predicted molar refractivity (Wildman–Crippen MR) is 60.8 cm³/mol. The van der Waals surface area contributed by atoms with E-state index in [0.717, 1.165) is 5.71 Å². The van der Waals surface area contributed by atoms with Crippen LogP contribution in [0.15, 0.2) is 29.4 Å². The van der Waals surface area contributed by atoms with Crippen molar-refractivity contribution in [1.29, 1.82) is 0 Å². The van der Waals surface area contributed by atoms with Crippen molar-refractivity contribution in [3.05, 3.63) is 30.1 Å². The standard InChI is InChI=1S/C12H13FN2O/c1-3-9-8(2)14-15(12(9)16)11-7-5-4-6-10(11)13/h4-7,9H,3H2,1-2H3. The van der Waals surface area contributed by atoms with Gasteiger partial charge in [0.2, 0.25) is 0 Å². The van der Waals surface area contributed by atoms with Crippen LogP contribution < -0.4 is 5.01 Å². The molecule has 0 fully saturated rings. The molecule has 1 aromatic carbocycles. The second kappa shape index (κ2) is 4.04. The third kappa shape index (κ3) is 1.60. The second-order valence-corrected chi connectivity index (χ2v) is 3.80. The van der Waals surface area contributed by atoms with Crippen LogP contribution in [0.4, 0.5) is 10.1 Å². The molecule has 2 rings (SSSR count). The Labute approximate surface area is 93.6 Å². The summed E-state index contributed by atoms with van der Waals surface area (Å²) in [6.07, 6.45) is 0.694. The molecule has 1 atom stereocenters. The van der Waals surface area contributed by atoms with Crippen molar-refractivity contribution in [2.24, 2.45) is 11.0 Å². The zero-order valence-electron chi connectivity index (χ0n) is 9.27. The van der Waals surface area contributed by atoms with Gasteiger partial charge in [-0.2, -0.15) is 10.1 Å². The van der Waals surface area contributed by atoms with E-state index in [0.29, 0.717) is 6.42 Å². The molecule has 1 heterocycles. The van der Waals surface area contributed by atoms with Gasteiger partial charge in [0.25, 0.3) is 5.91 Å². The lowest BCUT2D eigenvalue weighted by molar-refractivity contribution is -0.119. The summed E-state index contributed by atoms with van der Waals surface area (Å²) in [7, 11) is 0. The van der Waals surface area contributed by atoms with Gasteiger partial charge < -0.3 is 0 Å². The average Bonchev–Trinajstić information content (AvgIpc) is 2.55. The summed E-state index contributed by atoms with van der Waals surface area (Å²) >= 11 is 0. The van der Waals surface area contributed by atoms with Crippen molar-refractivity contribution in [2.45, 2.75) is 20.3 Å². The number of nitrogens with zero attached hydrogens (tertiary/aromatic N) is 2. The van der Waals surface area contributed by atoms with Crippen molar-refractivity contribution >= 4 is 17.3 Å². The lowest BCUT2D eigenvalue weighted by Gasteiger charge is -2.13. The van der Waals surface area contributed by atoms with Gasteiger partial charge in [-0.15, -0.1) is 0 Å². The normalized spacial score (nSPS) is 20.2. The van der Waals surface area contributed by atoms with Gasteiger partial charge in [-0.25, -0.2) is 4.39 Å². The Morgan fingerprint density at radius 1 is 1.44 bits per heavy atom. The van der Waals surface area contributed by atoms with Crippen molar-refractivity contribution in [1.82, 2.24) is 0 Å². The number of rotatable bonds is 2. The van der Waals surface area contributed by atoms with Crippen LogP contribution in [0, 0.1) is 11.7 Å². The summed E-state index contributed by atoms with van der Waals surface area (Å²) in [6.45, 7) is 3.72. The third-order valence-corrected chi connectivity index (χ3v) is 2.76. The van der Waals surface area contributed by atoms with E-state index in [1.807, 2.05) is 6.92 Å². The van der Waals surface area contributed by atoms with E-state index in [4.69, 9.17) is 0 Å². The Balaban J connectivity index is 2.38. The molecule has 16 heavy (non-hydrogen) atoms. The second-order valence-electron chi connectivity index (χ2n) is 3.80. The molecular weight excluding hydrogens is 207 g/mol. The van der Waals surface area contributed by atoms with Crippen LogP contribution in [0.1, 0.15) is 20.3 Å². The molecule has 0 radical (unpaired) electrons. The Bertz CT molecular complexity index is 456. The van der Waals surface area contributed by atoms with Crippen LogP contribution >= 0.6 is 0 Å². The monoisotopic (exact) mass is 220 g/mol. The summed E-state index contributed by atoms with van der Waals surface area (Å²) in [5, 5.41) is 5.28. The van der Waals surface area contributed by atoms with Crippen LogP contribution in [0.2, 0.25) is 0 Å². The average molecular weight is 220 g/mol. The molecular formula is C12H13FN2O. The maximum absolute atomic E-state index is 13.5. The van der Waals surface area contributed by atoms with Crippen molar-refractivity contribution < 1.29 is 9.18 Å². The quantitative estimate of drug-likeness (QED) is 0.754. The molecule has 1 amide bonds. The zero-order valence-corrected chi connectivity index (χ0v) is 9.27. The largest absolute Gasteiger partial charge is 0.272 e. The van der Waals surface area contributed by atoms with Gasteiger partial charge in [-0.3, -0.25) is 4.79 Å². The van der Waals surface area contributed by atoms with Crippen LogP contribution in [0.3, 0.4) is 0 Å². The van der Waals surface area contributed by atoms with E-state index in [1.54, 1.807) is 25.1 Å². The topological polar surface area (TPSA) is 32.7 Å². The number of para-hydroxylation sites is 1. The maximum atomic E-state index is 13.5. The lowest BCUT2D eigenvalue weighted by atomic mass is 10.0. The van der Waals surface area contributed by atoms with Gasteiger partial charge >= 0.3 is 0 Å². The van der Waals surface area contributed by atoms with E-state index in [-0.39, 0.29) is 17.5 Å². The number of carbonyl (C=O) groups is 1. The first-order chi connectivity index (χ1) is 7.65. The minimum Gasteiger partial charge on any atom is -0.272 e. The van der Waals surface area contributed by atoms with Crippen LogP contribution in [0.5, 0.6) is 0 Å². The fourth-order valence-electron chi connectivity index (χ4n) is 1.87. The number of benzene rings is 1. The van der Waals surface area contributed by atoms with Gasteiger partial charge in [0.15, 0.2) is 0 Å². The summed E-state index contributed by atoms with van der Waals surface area (Å²) in [6, 6.07) is 6.16. The van der Waals surface area contributed by atoms with E-state index in [1.165, 1.54) is 11.1 Å². The molecule has 0 bridgehead atoms. The molecule has 0 aromatic heterocycles. The van der Waals surface area contributed by atoms with Gasteiger partial charge in [-0.05, 0) is 25.5 Å². The first-order valence-corrected chi connectivity index (χ1v) is 5.28. The molecule has 1 aliphatic rings. The zero-order chi connectivity index (χ0) is 11.7. The molecule has 0 spiro atoms. The Morgan fingerprint density at radius 3 is 2.69 bits per heavy atom. The van der Waals surface area contributed by atoms with Crippen molar-refractivity contribution in [3.8, 4) is 0 Å². The van der Waals surface area contributed by atoms with Crippen molar-refractivity contribution in [2.75, 3.05) is 5.01 Å². The number of halogens is 1. The summed E-state index contributed by atoms with van der Waals surface area (Å²) in [5.41, 5.74) is 0.971. The van der Waals surface area contributed by atoms with Gasteiger partial charge in [0.1, 0.15) is 11.5 Å². The number of hydrogen-bond acceptors (Lipinski definition) is 2. The minimum absolute atomic E-state index is 0.148. The first-order valence-electron chi connectivity index (χ1n) is 5.28. The number of carbonyl (C=O) groups excluding carboxylic acids is 1. The molecule has 1 aliphatic heterocycles. The van der Waals surface area contributed by atoms with Crippen LogP contribution in [-0.4, -0.2) is 11.6 Å². The number of amides is 1. The summed E-state index contributed by atoms with van der Waals surface area (Å²) in [5.74, 6) is -0.783. The molecule has 1 aromatic rings. The SMILES string of the molecule is CCC1C(=O)N(c2ccccc2F)N=C1C. The van der Waals surface area contributed by atoms with Gasteiger partial charge in [-0.1, -0.05) is 19.1 Å². The predicted octanol–water partition coefficient (Wildman–Crippen LogP) is 2.57. The number of anilines is 1. The molecule has 0 aliphatic carbocycles. The Kier molecular flexibility index (Phi) is 2.73. The fourth-order valence-corrected chi connectivity index (χ4v) is 1.87. The molecule has 3 nitrogen and oxygen atoms in total. The van der Waals surface area contributed by atoms with Gasteiger partial charge in [0, 0.05) is 5.71 Å². The maximum Gasteiger partial charge on any atom is 0.256 e. The van der Waals surface area contributed by atoms with Crippen molar-refractivity contribution in [3.63, 3.8) is 0 Å². The van der Waals surface area contributed by atoms with E-state index in [2.05, 4.69) is 5.10 Å². The highest BCUT2D eigenvalue weighted by Gasteiger charge is 2.33. The molecule has 84 valence electrons. The van der Waals surface area contributed by atoms with E-state index in [9.17, 15) is 9.18 Å². The van der Waals surface area contributed by atoms with Gasteiger partial charge in [0.05, 0.1) is 5.92 Å². The molecule has 0 N–H and O–H groups in total. The highest BCUT2D eigenvalue weighted by atomic mass is 19.1. The molecule has 0 saturated heterocycles. The number of hydrazone groups is 1. The molecule has 0 saturated carbocycles. The summed E-state index contributed by atoms with van der Waals surface area (Å²) < 4.78 is 13.5. The molecule has 4 heteroatoms. The number of hydrogen-bond donors (Lipinski definition) is 0. The minimum atomic E-state index is -0.427. The Hall–Kier alpha value is -1.71. The smallest absolute Gasteiger partial charge is 0.256 e. The van der Waals surface area contributed by atoms with Crippen LogP contribution in [0.25, 0.3) is 0 Å². The Morgan fingerprint density at radius 2 is 2.12 bits per heavy atom. The highest BCUT2D eigenvalue weighted by Crippen LogP contribution is 2.27. The first kappa shape index (κ1) is 10.8. The lowest BCUT2D eigenvalue weighted by Crippen LogP contribution is -2.27. The fraction of sp³-hybridized carbons (Fsp3) is 0.333.